The summed E-state index contributed by atoms with van der Waals surface area (Å²) < 4.78 is 0. The fraction of sp³-hybridized carbons (Fsp3) is 0.375. The van der Waals surface area contributed by atoms with Crippen LogP contribution in [0.3, 0.4) is 0 Å². The summed E-state index contributed by atoms with van der Waals surface area (Å²) in [7, 11) is 1.54. The second-order valence-electron chi connectivity index (χ2n) is 2.25. The average molecular weight is 182 g/mol. The second kappa shape index (κ2) is 5.08. The van der Waals surface area contributed by atoms with Crippen molar-refractivity contribution in [2.45, 2.75) is 14.4 Å². The number of hydrogen-bond donors (Lipinski definition) is 2. The molecule has 5 heteroatoms. The van der Waals surface area contributed by atoms with Crippen LogP contribution in [0.5, 0.6) is 0 Å². The summed E-state index contributed by atoms with van der Waals surface area (Å²) in [5.41, 5.74) is 0.817. The largest absolute Gasteiger partial charge is 0.341 e. The predicted molar refractivity (Wildman–Crippen MR) is 51.6 cm³/mol. The Balaban J connectivity index is 0.00000144. The van der Waals surface area contributed by atoms with E-state index >= 15 is 0 Å². The highest BCUT2D eigenvalue weighted by atomic mass is 16.2. The smallest absolute Gasteiger partial charge is 0.320 e. The zero-order valence-electron chi connectivity index (χ0n) is 6.96. The van der Waals surface area contributed by atoms with E-state index in [0.717, 1.165) is 5.69 Å². The maximum absolute atomic E-state index is 10.8. The van der Waals surface area contributed by atoms with E-state index in [1.54, 1.807) is 6.20 Å². The first-order valence-electron chi connectivity index (χ1n) is 3.50. The van der Waals surface area contributed by atoms with Gasteiger partial charge in [0.25, 0.3) is 0 Å². The maximum Gasteiger partial charge on any atom is 0.320 e. The summed E-state index contributed by atoms with van der Waals surface area (Å²) in [4.78, 5) is 18.7. The second-order valence-corrected chi connectivity index (χ2v) is 2.25. The molecule has 2 amide bonds. The minimum Gasteiger partial charge on any atom is -0.341 e. The van der Waals surface area contributed by atoms with Gasteiger partial charge in [0.05, 0.1) is 18.1 Å². The summed E-state index contributed by atoms with van der Waals surface area (Å²) >= 11 is 0. The van der Waals surface area contributed by atoms with Crippen molar-refractivity contribution < 1.29 is 4.79 Å². The molecule has 0 spiro atoms. The predicted octanol–water partition coefficient (Wildman–Crippen LogP) is 1.17. The number of urea groups is 1. The molecule has 0 atom stereocenters. The number of aryl methyl sites for hydroxylation is 1. The molecule has 0 unspecified atom stereocenters. The SMILES string of the molecule is C.CNC(=O)Nc1cnc(C)cn1. The molecule has 1 aromatic heterocycles. The number of aromatic nitrogens is 2. The van der Waals surface area contributed by atoms with E-state index in [1.165, 1.54) is 13.2 Å². The summed E-state index contributed by atoms with van der Waals surface area (Å²) in [6.07, 6.45) is 3.09. The lowest BCUT2D eigenvalue weighted by Gasteiger charge is -2.01. The zero-order valence-corrected chi connectivity index (χ0v) is 6.96. The molecule has 1 rings (SSSR count). The van der Waals surface area contributed by atoms with Crippen molar-refractivity contribution >= 4 is 11.8 Å². The molecule has 0 radical (unpaired) electrons. The average Bonchev–Trinajstić information content (AvgIpc) is 2.09. The highest BCUT2D eigenvalue weighted by molar-refractivity contribution is 5.87. The first-order chi connectivity index (χ1) is 5.72. The minimum absolute atomic E-state index is 0. The summed E-state index contributed by atoms with van der Waals surface area (Å²) in [6, 6.07) is -0.298. The van der Waals surface area contributed by atoms with Crippen molar-refractivity contribution in [3.05, 3.63) is 18.1 Å². The Kier molecular flexibility index (Phi) is 4.43. The fourth-order valence-electron chi connectivity index (χ4n) is 0.636. The molecule has 1 heterocycles. The van der Waals surface area contributed by atoms with E-state index in [4.69, 9.17) is 0 Å². The number of nitrogens with one attached hydrogen (secondary N) is 2. The standard InChI is InChI=1S/C7H10N4O.CH4/c1-5-3-10-6(4-9-5)11-7(12)8-2;/h3-4H,1-2H3,(H2,8,10,11,12);1H4. The van der Waals surface area contributed by atoms with Gasteiger partial charge in [-0.1, -0.05) is 7.43 Å². The molecule has 13 heavy (non-hydrogen) atoms. The van der Waals surface area contributed by atoms with E-state index in [9.17, 15) is 4.79 Å². The van der Waals surface area contributed by atoms with Crippen LogP contribution in [-0.4, -0.2) is 23.0 Å². The molecule has 5 nitrogen and oxygen atoms in total. The van der Waals surface area contributed by atoms with Gasteiger partial charge in [0.15, 0.2) is 5.82 Å². The van der Waals surface area contributed by atoms with Crippen LogP contribution in [0.25, 0.3) is 0 Å². The molecule has 2 N–H and O–H groups in total. The van der Waals surface area contributed by atoms with Crippen LogP contribution in [-0.2, 0) is 0 Å². The molecule has 0 saturated heterocycles. The molecule has 0 fully saturated rings. The Morgan fingerprint density at radius 3 is 2.54 bits per heavy atom. The van der Waals surface area contributed by atoms with Crippen LogP contribution in [0.2, 0.25) is 0 Å². The van der Waals surface area contributed by atoms with Gasteiger partial charge in [-0.3, -0.25) is 10.3 Å². The van der Waals surface area contributed by atoms with Gasteiger partial charge in [0.2, 0.25) is 0 Å². The van der Waals surface area contributed by atoms with Crippen molar-refractivity contribution in [3.63, 3.8) is 0 Å². The van der Waals surface area contributed by atoms with Gasteiger partial charge in [-0.15, -0.1) is 0 Å². The molecule has 0 aliphatic rings. The third-order valence-electron chi connectivity index (χ3n) is 1.25. The molecule has 0 bridgehead atoms. The highest BCUT2D eigenvalue weighted by Crippen LogP contribution is 1.98. The van der Waals surface area contributed by atoms with Crippen LogP contribution in [0.1, 0.15) is 13.1 Å². The van der Waals surface area contributed by atoms with Crippen molar-refractivity contribution in [3.8, 4) is 0 Å². The first-order valence-corrected chi connectivity index (χ1v) is 3.50. The number of amides is 2. The number of carbonyl (C=O) groups is 1. The van der Waals surface area contributed by atoms with Gasteiger partial charge >= 0.3 is 6.03 Å². The monoisotopic (exact) mass is 182 g/mol. The van der Waals surface area contributed by atoms with Gasteiger partial charge in [-0.2, -0.15) is 0 Å². The topological polar surface area (TPSA) is 66.9 Å². The summed E-state index contributed by atoms with van der Waals surface area (Å²) in [5.74, 6) is 0.444. The van der Waals surface area contributed by atoms with E-state index in [1.807, 2.05) is 6.92 Å². The van der Waals surface area contributed by atoms with Gasteiger partial charge < -0.3 is 5.32 Å². The third-order valence-corrected chi connectivity index (χ3v) is 1.25. The Labute approximate surface area is 77.6 Å². The molecule has 0 aliphatic carbocycles. The van der Waals surface area contributed by atoms with E-state index < -0.39 is 0 Å². The van der Waals surface area contributed by atoms with E-state index in [0.29, 0.717) is 5.82 Å². The van der Waals surface area contributed by atoms with Crippen molar-refractivity contribution in [2.75, 3.05) is 12.4 Å². The van der Waals surface area contributed by atoms with E-state index in [2.05, 4.69) is 20.6 Å². The van der Waals surface area contributed by atoms with Crippen molar-refractivity contribution in [2.24, 2.45) is 0 Å². The van der Waals surface area contributed by atoms with Crippen molar-refractivity contribution in [1.29, 1.82) is 0 Å². The molecule has 72 valence electrons. The Morgan fingerprint density at radius 2 is 2.08 bits per heavy atom. The Bertz CT molecular complexity index is 270. The van der Waals surface area contributed by atoms with Crippen molar-refractivity contribution in [1.82, 2.24) is 15.3 Å². The van der Waals surface area contributed by atoms with Crippen LogP contribution >= 0.6 is 0 Å². The van der Waals surface area contributed by atoms with Crippen LogP contribution in [0, 0.1) is 6.92 Å². The third kappa shape index (κ3) is 3.50. The highest BCUT2D eigenvalue weighted by Gasteiger charge is 1.98. The Hall–Kier alpha value is -1.65. The minimum atomic E-state index is -0.298. The lowest BCUT2D eigenvalue weighted by atomic mass is 10.5. The zero-order chi connectivity index (χ0) is 8.97. The Morgan fingerprint density at radius 1 is 1.38 bits per heavy atom. The number of nitrogens with zero attached hydrogens (tertiary/aromatic N) is 2. The molecule has 1 aromatic rings. The lowest BCUT2D eigenvalue weighted by Crippen LogP contribution is -2.25. The maximum atomic E-state index is 10.8. The molecular weight excluding hydrogens is 168 g/mol. The van der Waals surface area contributed by atoms with Gasteiger partial charge in [0, 0.05) is 7.05 Å². The normalized spacial score (nSPS) is 8.46. The van der Waals surface area contributed by atoms with Crippen LogP contribution in [0.15, 0.2) is 12.4 Å². The molecule has 0 aliphatic heterocycles. The quantitative estimate of drug-likeness (QED) is 0.685. The van der Waals surface area contributed by atoms with Gasteiger partial charge in [0.1, 0.15) is 0 Å². The number of hydrogen-bond acceptors (Lipinski definition) is 3. The van der Waals surface area contributed by atoms with Crippen LogP contribution in [0.4, 0.5) is 10.6 Å². The first kappa shape index (κ1) is 11.4. The molecule has 0 saturated carbocycles. The molecule has 0 aromatic carbocycles. The van der Waals surface area contributed by atoms with Gasteiger partial charge in [-0.25, -0.2) is 9.78 Å². The summed E-state index contributed by atoms with van der Waals surface area (Å²) in [5, 5.41) is 4.91. The number of anilines is 1. The number of rotatable bonds is 1. The van der Waals surface area contributed by atoms with Crippen LogP contribution < -0.4 is 10.6 Å². The van der Waals surface area contributed by atoms with Gasteiger partial charge in [-0.05, 0) is 6.92 Å². The summed E-state index contributed by atoms with van der Waals surface area (Å²) in [6.45, 7) is 1.83. The molecular formula is C8H14N4O. The van der Waals surface area contributed by atoms with E-state index in [-0.39, 0.29) is 13.5 Å². The fourth-order valence-corrected chi connectivity index (χ4v) is 0.636. The lowest BCUT2D eigenvalue weighted by molar-refractivity contribution is 0.254. The number of carbonyl (C=O) groups excluding carboxylic acids is 1.